The van der Waals surface area contributed by atoms with Crippen molar-refractivity contribution >= 4 is 26.0 Å². The van der Waals surface area contributed by atoms with E-state index in [1.165, 1.54) is 10.5 Å². The monoisotopic (exact) mass is 337 g/mol. The second-order valence-corrected chi connectivity index (χ2v) is 6.90. The first-order chi connectivity index (χ1) is 8.46. The molecule has 0 radical (unpaired) electrons. The molecule has 0 spiro atoms. The van der Waals surface area contributed by atoms with Crippen molar-refractivity contribution in [2.24, 2.45) is 0 Å². The summed E-state index contributed by atoms with van der Waals surface area (Å²) in [6.45, 7) is 4.32. The fourth-order valence-electron chi connectivity index (χ4n) is 1.95. The van der Waals surface area contributed by atoms with Gasteiger partial charge < -0.3 is 4.74 Å². The molecular weight excluding hydrogens is 322 g/mol. The van der Waals surface area contributed by atoms with Gasteiger partial charge in [-0.1, -0.05) is 15.9 Å². The van der Waals surface area contributed by atoms with Crippen molar-refractivity contribution in [2.45, 2.75) is 30.9 Å². The lowest BCUT2D eigenvalue weighted by molar-refractivity contribution is -0.0139. The Morgan fingerprint density at radius 1 is 1.67 bits per heavy atom. The summed E-state index contributed by atoms with van der Waals surface area (Å²) in [5.41, 5.74) is 0.559. The van der Waals surface area contributed by atoms with Gasteiger partial charge in [-0.25, -0.2) is 8.42 Å². The van der Waals surface area contributed by atoms with Crippen LogP contribution in [0.15, 0.2) is 11.1 Å². The van der Waals surface area contributed by atoms with Crippen molar-refractivity contribution in [2.75, 3.05) is 18.5 Å². The van der Waals surface area contributed by atoms with Gasteiger partial charge in [0.2, 0.25) is 10.0 Å². The van der Waals surface area contributed by atoms with E-state index in [-0.39, 0.29) is 17.0 Å². The quantitative estimate of drug-likeness (QED) is 0.831. The highest BCUT2D eigenvalue weighted by atomic mass is 79.9. The first-order valence-electron chi connectivity index (χ1n) is 5.66. The zero-order valence-electron chi connectivity index (χ0n) is 10.3. The number of sulfonamides is 1. The van der Waals surface area contributed by atoms with Crippen molar-refractivity contribution in [1.82, 2.24) is 14.5 Å². The minimum atomic E-state index is -3.50. The Hall–Kier alpha value is -0.440. The minimum Gasteiger partial charge on any atom is -0.374 e. The summed E-state index contributed by atoms with van der Waals surface area (Å²) in [5, 5.41) is 7.05. The number of H-pyrrole nitrogens is 1. The van der Waals surface area contributed by atoms with Crippen LogP contribution in [0.3, 0.4) is 0 Å². The van der Waals surface area contributed by atoms with Gasteiger partial charge in [0.25, 0.3) is 0 Å². The van der Waals surface area contributed by atoms with E-state index in [0.29, 0.717) is 24.2 Å². The molecule has 0 aromatic carbocycles. The van der Waals surface area contributed by atoms with Crippen LogP contribution in [0, 0.1) is 6.92 Å². The van der Waals surface area contributed by atoms with E-state index in [1.54, 1.807) is 6.92 Å². The fourth-order valence-corrected chi connectivity index (χ4v) is 4.11. The second kappa shape index (κ2) is 5.28. The van der Waals surface area contributed by atoms with Gasteiger partial charge in [-0.2, -0.15) is 9.40 Å². The largest absolute Gasteiger partial charge is 0.374 e. The van der Waals surface area contributed by atoms with E-state index in [0.717, 1.165) is 0 Å². The Bertz CT molecular complexity index is 516. The number of ether oxygens (including phenoxy) is 1. The highest BCUT2D eigenvalue weighted by Gasteiger charge is 2.36. The number of nitrogens with one attached hydrogen (secondary N) is 1. The van der Waals surface area contributed by atoms with Gasteiger partial charge in [-0.15, -0.1) is 0 Å². The number of halogens is 1. The van der Waals surface area contributed by atoms with Crippen LogP contribution in [0.2, 0.25) is 0 Å². The molecule has 1 aliphatic heterocycles. The van der Waals surface area contributed by atoms with Crippen LogP contribution in [0.4, 0.5) is 0 Å². The molecule has 2 rings (SSSR count). The molecule has 0 amide bonds. The molecule has 8 heteroatoms. The molecule has 1 aliphatic rings. The van der Waals surface area contributed by atoms with Crippen LogP contribution >= 0.6 is 15.9 Å². The summed E-state index contributed by atoms with van der Waals surface area (Å²) in [4.78, 5) is 0.240. The number of rotatable bonds is 3. The third kappa shape index (κ3) is 2.47. The number of aromatic nitrogens is 2. The molecule has 2 atom stereocenters. The molecule has 2 unspecified atom stereocenters. The summed E-state index contributed by atoms with van der Waals surface area (Å²) in [5.74, 6) is 0. The zero-order valence-corrected chi connectivity index (χ0v) is 12.7. The maximum absolute atomic E-state index is 12.5. The molecule has 1 aromatic heterocycles. The van der Waals surface area contributed by atoms with Crippen LogP contribution in [0.1, 0.15) is 12.6 Å². The smallest absolute Gasteiger partial charge is 0.246 e. The minimum absolute atomic E-state index is 0.108. The molecule has 0 saturated carbocycles. The first kappa shape index (κ1) is 14.0. The van der Waals surface area contributed by atoms with Crippen LogP contribution in [-0.4, -0.2) is 53.5 Å². The van der Waals surface area contributed by atoms with E-state index in [9.17, 15) is 8.42 Å². The molecule has 1 aromatic rings. The zero-order chi connectivity index (χ0) is 13.3. The summed E-state index contributed by atoms with van der Waals surface area (Å²) in [7, 11) is -3.50. The Morgan fingerprint density at radius 3 is 2.94 bits per heavy atom. The molecule has 1 N–H and O–H groups in total. The molecule has 18 heavy (non-hydrogen) atoms. The first-order valence-corrected chi connectivity index (χ1v) is 8.22. The maximum atomic E-state index is 12.5. The number of alkyl halides is 1. The van der Waals surface area contributed by atoms with Crippen LogP contribution < -0.4 is 0 Å². The fraction of sp³-hybridized carbons (Fsp3) is 0.700. The summed E-state index contributed by atoms with van der Waals surface area (Å²) < 4.78 is 32.1. The van der Waals surface area contributed by atoms with E-state index in [2.05, 4.69) is 26.1 Å². The average Bonchev–Trinajstić information content (AvgIpc) is 2.76. The summed E-state index contributed by atoms with van der Waals surface area (Å²) >= 11 is 3.32. The van der Waals surface area contributed by atoms with E-state index >= 15 is 0 Å². The van der Waals surface area contributed by atoms with Crippen LogP contribution in [0.25, 0.3) is 0 Å². The topological polar surface area (TPSA) is 75.3 Å². The van der Waals surface area contributed by atoms with E-state index in [4.69, 9.17) is 4.74 Å². The summed E-state index contributed by atoms with van der Waals surface area (Å²) in [6.07, 6.45) is 1.25. The van der Waals surface area contributed by atoms with Gasteiger partial charge in [0.1, 0.15) is 4.90 Å². The van der Waals surface area contributed by atoms with Gasteiger partial charge in [0.15, 0.2) is 0 Å². The highest BCUT2D eigenvalue weighted by Crippen LogP contribution is 2.24. The van der Waals surface area contributed by atoms with Crippen LogP contribution in [0.5, 0.6) is 0 Å². The number of aromatic amines is 1. The number of hydrogen-bond acceptors (Lipinski definition) is 4. The van der Waals surface area contributed by atoms with Crippen molar-refractivity contribution in [1.29, 1.82) is 0 Å². The van der Waals surface area contributed by atoms with E-state index < -0.39 is 10.0 Å². The standard InChI is InChI=1S/C10H16BrN3O3S/c1-7-6-17-9(3-11)5-14(7)18(15,16)10-4-12-13-8(10)2/h4,7,9H,3,5-6H2,1-2H3,(H,12,13). The molecule has 2 heterocycles. The number of morpholine rings is 1. The highest BCUT2D eigenvalue weighted by molar-refractivity contribution is 9.09. The molecular formula is C10H16BrN3O3S. The molecule has 102 valence electrons. The number of hydrogen-bond donors (Lipinski definition) is 1. The second-order valence-electron chi connectivity index (χ2n) is 4.39. The van der Waals surface area contributed by atoms with Crippen molar-refractivity contribution < 1.29 is 13.2 Å². The SMILES string of the molecule is Cc1[nH]ncc1S(=O)(=O)N1CC(CBr)OCC1C. The lowest BCUT2D eigenvalue weighted by Crippen LogP contribution is -2.51. The molecule has 0 aliphatic carbocycles. The Kier molecular flexibility index (Phi) is 4.10. The molecule has 1 fully saturated rings. The van der Waals surface area contributed by atoms with Gasteiger partial charge in [-0.3, -0.25) is 5.10 Å². The van der Waals surface area contributed by atoms with Crippen LogP contribution in [-0.2, 0) is 14.8 Å². The summed E-state index contributed by atoms with van der Waals surface area (Å²) in [6, 6.07) is -0.167. The lowest BCUT2D eigenvalue weighted by atomic mass is 10.2. The van der Waals surface area contributed by atoms with Crippen molar-refractivity contribution in [3.63, 3.8) is 0 Å². The van der Waals surface area contributed by atoms with Crippen molar-refractivity contribution in [3.8, 4) is 0 Å². The van der Waals surface area contributed by atoms with Gasteiger partial charge >= 0.3 is 0 Å². The molecule has 0 bridgehead atoms. The normalized spacial score (nSPS) is 26.4. The molecule has 1 saturated heterocycles. The van der Waals surface area contributed by atoms with Gasteiger partial charge in [0.05, 0.1) is 24.6 Å². The number of aryl methyl sites for hydroxylation is 1. The Morgan fingerprint density at radius 2 is 2.39 bits per heavy atom. The third-order valence-corrected chi connectivity index (χ3v) is 5.81. The Balaban J connectivity index is 2.31. The predicted molar refractivity (Wildman–Crippen MR) is 70.2 cm³/mol. The molecule has 6 nitrogen and oxygen atoms in total. The van der Waals surface area contributed by atoms with E-state index in [1.807, 2.05) is 6.92 Å². The van der Waals surface area contributed by atoms with Gasteiger partial charge in [-0.05, 0) is 13.8 Å². The third-order valence-electron chi connectivity index (χ3n) is 2.99. The Labute approximate surface area is 115 Å². The average molecular weight is 338 g/mol. The predicted octanol–water partition coefficient (Wildman–Crippen LogP) is 0.891. The van der Waals surface area contributed by atoms with Crippen molar-refractivity contribution in [3.05, 3.63) is 11.9 Å². The maximum Gasteiger partial charge on any atom is 0.246 e. The number of nitrogens with zero attached hydrogens (tertiary/aromatic N) is 2. The van der Waals surface area contributed by atoms with Gasteiger partial charge in [0, 0.05) is 17.9 Å². The lowest BCUT2D eigenvalue weighted by Gasteiger charge is -2.36.